The van der Waals surface area contributed by atoms with Gasteiger partial charge in [-0.05, 0) is 22.8 Å². The number of ether oxygens (including phenoxy) is 2. The number of nitrogens with zero attached hydrogens (tertiary/aromatic N) is 1. The van der Waals surface area contributed by atoms with E-state index in [0.29, 0.717) is 29.9 Å². The summed E-state index contributed by atoms with van der Waals surface area (Å²) in [5.41, 5.74) is 8.79. The molecule has 2 saturated heterocycles. The average Bonchev–Trinajstić information content (AvgIpc) is 3.26. The van der Waals surface area contributed by atoms with Crippen molar-refractivity contribution in [2.24, 2.45) is 5.73 Å². The monoisotopic (exact) mass is 462 g/mol. The summed E-state index contributed by atoms with van der Waals surface area (Å²) < 4.78 is 11.1. The molecule has 0 bridgehead atoms. The van der Waals surface area contributed by atoms with Crippen molar-refractivity contribution in [2.45, 2.75) is 23.9 Å². The van der Waals surface area contributed by atoms with Gasteiger partial charge in [-0.15, -0.1) is 11.8 Å². The van der Waals surface area contributed by atoms with Gasteiger partial charge < -0.3 is 15.2 Å². The molecule has 2 aromatic rings. The van der Waals surface area contributed by atoms with Crippen molar-refractivity contribution in [3.05, 3.63) is 94.7 Å². The highest BCUT2D eigenvalue weighted by Crippen LogP contribution is 2.41. The molecule has 3 heterocycles. The third kappa shape index (κ3) is 3.96. The standard InChI is InChI=1S/C25H22N2O5S/c26-19-22(28)27-20(18(14-33-23(19)27)13-17-11-12-31-24(17)29)25(30)32-21(15-7-3-1-4-8-15)16-9-5-2-6-10-16/h1-10,13,19,21,23H,11-12,14,26H2/t19-,23+/m1/s1. The number of benzene rings is 2. The van der Waals surface area contributed by atoms with E-state index in [9.17, 15) is 14.4 Å². The number of carbonyl (C=O) groups excluding carboxylic acids is 3. The highest BCUT2D eigenvalue weighted by Gasteiger charge is 2.52. The van der Waals surface area contributed by atoms with E-state index in [2.05, 4.69) is 0 Å². The first kappa shape index (κ1) is 21.5. The van der Waals surface area contributed by atoms with Crippen LogP contribution in [-0.4, -0.2) is 46.5 Å². The lowest BCUT2D eigenvalue weighted by Gasteiger charge is -2.48. The number of cyclic esters (lactones) is 1. The van der Waals surface area contributed by atoms with Crippen LogP contribution in [0.1, 0.15) is 23.7 Å². The number of amides is 1. The van der Waals surface area contributed by atoms with Gasteiger partial charge in [0.25, 0.3) is 0 Å². The lowest BCUT2D eigenvalue weighted by Crippen LogP contribution is -2.68. The molecule has 2 fully saturated rings. The SMILES string of the molecule is N[C@@H]1C(=O)N2C(C(=O)OC(c3ccccc3)c3ccccc3)=C(C=C3CCOC3=O)CS[C@@H]12. The number of allylic oxidation sites excluding steroid dienone is 1. The Morgan fingerprint density at radius 2 is 1.73 bits per heavy atom. The van der Waals surface area contributed by atoms with Crippen LogP contribution < -0.4 is 5.73 Å². The number of fused-ring (bicyclic) bond motifs is 1. The van der Waals surface area contributed by atoms with Crippen molar-refractivity contribution in [1.29, 1.82) is 0 Å². The van der Waals surface area contributed by atoms with E-state index in [1.165, 1.54) is 16.7 Å². The average molecular weight is 463 g/mol. The van der Waals surface area contributed by atoms with Crippen LogP contribution in [0.4, 0.5) is 0 Å². The minimum Gasteiger partial charge on any atom is -0.462 e. The first-order valence-corrected chi connectivity index (χ1v) is 11.7. The fourth-order valence-electron chi connectivity index (χ4n) is 4.18. The van der Waals surface area contributed by atoms with Gasteiger partial charge in [0.15, 0.2) is 6.10 Å². The molecular weight excluding hydrogens is 440 g/mol. The van der Waals surface area contributed by atoms with Gasteiger partial charge in [-0.1, -0.05) is 60.7 Å². The zero-order valence-corrected chi connectivity index (χ0v) is 18.5. The topological polar surface area (TPSA) is 98.9 Å². The Labute approximate surface area is 195 Å². The molecule has 0 spiro atoms. The van der Waals surface area contributed by atoms with Gasteiger partial charge in [-0.25, -0.2) is 9.59 Å². The summed E-state index contributed by atoms with van der Waals surface area (Å²) in [7, 11) is 0. The highest BCUT2D eigenvalue weighted by atomic mass is 32.2. The van der Waals surface area contributed by atoms with E-state index >= 15 is 0 Å². The van der Waals surface area contributed by atoms with Crippen LogP contribution in [0.15, 0.2) is 83.6 Å². The third-order valence-electron chi connectivity index (χ3n) is 5.88. The molecule has 0 saturated carbocycles. The van der Waals surface area contributed by atoms with Crippen molar-refractivity contribution >= 4 is 29.6 Å². The van der Waals surface area contributed by atoms with Crippen LogP contribution in [-0.2, 0) is 23.9 Å². The Balaban J connectivity index is 1.54. The molecule has 1 amide bonds. The second-order valence-electron chi connectivity index (χ2n) is 7.97. The first-order chi connectivity index (χ1) is 16.0. The van der Waals surface area contributed by atoms with Crippen LogP contribution >= 0.6 is 11.8 Å². The molecule has 0 aromatic heterocycles. The molecule has 168 valence electrons. The van der Waals surface area contributed by atoms with Gasteiger partial charge in [0.05, 0.1) is 6.61 Å². The summed E-state index contributed by atoms with van der Waals surface area (Å²) in [6.45, 7) is 0.311. The Hall–Kier alpha value is -3.36. The van der Waals surface area contributed by atoms with Gasteiger partial charge in [0.1, 0.15) is 17.1 Å². The summed E-state index contributed by atoms with van der Waals surface area (Å²) in [6.07, 6.45) is 1.46. The van der Waals surface area contributed by atoms with Gasteiger partial charge >= 0.3 is 11.9 Å². The summed E-state index contributed by atoms with van der Waals surface area (Å²) in [4.78, 5) is 39.6. The van der Waals surface area contributed by atoms with Crippen molar-refractivity contribution in [3.63, 3.8) is 0 Å². The third-order valence-corrected chi connectivity index (χ3v) is 7.20. The molecule has 2 atom stereocenters. The maximum Gasteiger partial charge on any atom is 0.356 e. The van der Waals surface area contributed by atoms with Crippen LogP contribution in [0.25, 0.3) is 0 Å². The minimum absolute atomic E-state index is 0.148. The number of nitrogens with two attached hydrogens (primary N) is 1. The predicted molar refractivity (Wildman–Crippen MR) is 123 cm³/mol. The fraction of sp³-hybridized carbons (Fsp3) is 0.240. The number of esters is 2. The zero-order valence-electron chi connectivity index (χ0n) is 17.7. The Bertz CT molecular complexity index is 1120. The largest absolute Gasteiger partial charge is 0.462 e. The second kappa shape index (κ2) is 8.88. The van der Waals surface area contributed by atoms with Crippen LogP contribution in [0.2, 0.25) is 0 Å². The molecule has 3 aliphatic rings. The normalized spacial score (nSPS) is 23.5. The molecule has 0 aliphatic carbocycles. The van der Waals surface area contributed by atoms with Crippen LogP contribution in [0.5, 0.6) is 0 Å². The van der Waals surface area contributed by atoms with Gasteiger partial charge in [-0.3, -0.25) is 9.69 Å². The predicted octanol–water partition coefficient (Wildman–Crippen LogP) is 2.69. The summed E-state index contributed by atoms with van der Waals surface area (Å²) >= 11 is 1.47. The molecule has 3 aliphatic heterocycles. The molecule has 33 heavy (non-hydrogen) atoms. The quantitative estimate of drug-likeness (QED) is 0.414. The van der Waals surface area contributed by atoms with E-state index in [4.69, 9.17) is 15.2 Å². The van der Waals surface area contributed by atoms with E-state index in [1.54, 1.807) is 6.08 Å². The minimum atomic E-state index is -0.664. The molecule has 2 aromatic carbocycles. The number of β-lactam (4-membered cyclic amide) rings is 1. The molecule has 5 rings (SSSR count). The second-order valence-corrected chi connectivity index (χ2v) is 9.08. The number of rotatable bonds is 5. The van der Waals surface area contributed by atoms with E-state index < -0.39 is 24.1 Å². The Morgan fingerprint density at radius 3 is 2.30 bits per heavy atom. The van der Waals surface area contributed by atoms with Gasteiger partial charge in [0.2, 0.25) is 5.91 Å². The number of carbonyl (C=O) groups is 3. The van der Waals surface area contributed by atoms with Crippen LogP contribution in [0, 0.1) is 0 Å². The summed E-state index contributed by atoms with van der Waals surface area (Å²) in [5, 5.41) is -0.329. The van der Waals surface area contributed by atoms with Crippen molar-refractivity contribution < 1.29 is 23.9 Å². The van der Waals surface area contributed by atoms with Crippen LogP contribution in [0.3, 0.4) is 0 Å². The Kier molecular flexibility index (Phi) is 5.78. The Morgan fingerprint density at radius 1 is 1.09 bits per heavy atom. The van der Waals surface area contributed by atoms with E-state index in [0.717, 1.165) is 11.1 Å². The lowest BCUT2D eigenvalue weighted by molar-refractivity contribution is -0.153. The fourth-order valence-corrected chi connectivity index (χ4v) is 5.43. The number of hydrogen-bond donors (Lipinski definition) is 1. The van der Waals surface area contributed by atoms with E-state index in [-0.39, 0.29) is 17.0 Å². The summed E-state index contributed by atoms with van der Waals surface area (Å²) in [5.74, 6) is -0.929. The molecule has 7 nitrogen and oxygen atoms in total. The first-order valence-electron chi connectivity index (χ1n) is 10.7. The van der Waals surface area contributed by atoms with E-state index in [1.807, 2.05) is 60.7 Å². The number of hydrogen-bond acceptors (Lipinski definition) is 7. The maximum atomic E-state index is 13.6. The molecule has 0 unspecified atom stereocenters. The molecular formula is C25H22N2O5S. The van der Waals surface area contributed by atoms with Gasteiger partial charge in [-0.2, -0.15) is 0 Å². The van der Waals surface area contributed by atoms with Crippen molar-refractivity contribution in [2.75, 3.05) is 12.4 Å². The zero-order chi connectivity index (χ0) is 22.9. The lowest BCUT2D eigenvalue weighted by atomic mass is 10.0. The smallest absolute Gasteiger partial charge is 0.356 e. The van der Waals surface area contributed by atoms with Gasteiger partial charge in [0, 0.05) is 17.7 Å². The molecule has 2 N–H and O–H groups in total. The summed E-state index contributed by atoms with van der Waals surface area (Å²) in [6, 6.07) is 18.2. The molecule has 8 heteroatoms. The van der Waals surface area contributed by atoms with Crippen molar-refractivity contribution in [1.82, 2.24) is 4.90 Å². The highest BCUT2D eigenvalue weighted by molar-refractivity contribution is 8.00. The molecule has 0 radical (unpaired) electrons. The maximum absolute atomic E-state index is 13.6. The van der Waals surface area contributed by atoms with Crippen molar-refractivity contribution in [3.8, 4) is 0 Å². The number of thioether (sulfide) groups is 1.